The number of nitrogens with zero attached hydrogens (tertiary/aromatic N) is 2. The number of aromatic nitrogens is 2. The topological polar surface area (TPSA) is 115 Å². The van der Waals surface area contributed by atoms with Crippen LogP contribution in [0.15, 0.2) is 48.7 Å². The molecular weight excluding hydrogens is 376 g/mol. The van der Waals surface area contributed by atoms with Gasteiger partial charge in [0.15, 0.2) is 5.82 Å². The number of carboxylic acid groups (broad SMARTS) is 1. The minimum atomic E-state index is -1.16. The van der Waals surface area contributed by atoms with Crippen molar-refractivity contribution >= 4 is 29.1 Å². The van der Waals surface area contributed by atoms with Crippen LogP contribution in [0.4, 0.5) is 23.1 Å². The van der Waals surface area contributed by atoms with E-state index in [1.165, 1.54) is 13.3 Å². The van der Waals surface area contributed by atoms with Crippen molar-refractivity contribution in [3.63, 3.8) is 0 Å². The molecule has 0 aliphatic heterocycles. The number of carboxylic acids is 1. The first-order valence-electron chi connectivity index (χ1n) is 8.55. The second-order valence-electron chi connectivity index (χ2n) is 5.78. The van der Waals surface area contributed by atoms with Crippen LogP contribution in [-0.4, -0.2) is 42.4 Å². The van der Waals surface area contributed by atoms with E-state index in [2.05, 4.69) is 20.6 Å². The summed E-state index contributed by atoms with van der Waals surface area (Å²) in [6.07, 6.45) is 1.23. The molecule has 3 rings (SSSR count). The first-order chi connectivity index (χ1) is 14.0. The molecule has 150 valence electrons. The SMILES string of the molecule is COc1ccc(Nc2nc(Nc3ccccc3OC)ncc2C(=O)O)c(OC)c1. The summed E-state index contributed by atoms with van der Waals surface area (Å²) in [5.41, 5.74) is 1.08. The third-order valence-corrected chi connectivity index (χ3v) is 4.03. The summed E-state index contributed by atoms with van der Waals surface area (Å²) in [4.78, 5) is 20.0. The van der Waals surface area contributed by atoms with Crippen molar-refractivity contribution in [2.75, 3.05) is 32.0 Å². The van der Waals surface area contributed by atoms with Crippen LogP contribution in [0.1, 0.15) is 10.4 Å². The van der Waals surface area contributed by atoms with Crippen LogP contribution in [0, 0.1) is 0 Å². The second kappa shape index (κ2) is 8.79. The molecule has 0 atom stereocenters. The molecule has 9 heteroatoms. The lowest BCUT2D eigenvalue weighted by molar-refractivity contribution is 0.0697. The average molecular weight is 396 g/mol. The van der Waals surface area contributed by atoms with E-state index in [1.807, 2.05) is 12.1 Å². The fourth-order valence-corrected chi connectivity index (χ4v) is 2.59. The second-order valence-corrected chi connectivity index (χ2v) is 5.78. The van der Waals surface area contributed by atoms with Crippen LogP contribution in [0.3, 0.4) is 0 Å². The van der Waals surface area contributed by atoms with E-state index in [1.54, 1.807) is 44.6 Å². The molecule has 0 saturated carbocycles. The molecule has 2 aromatic carbocycles. The zero-order chi connectivity index (χ0) is 20.8. The number of para-hydroxylation sites is 2. The standard InChI is InChI=1S/C20H20N4O5/c1-27-12-8-9-15(17(10-12)29-3)22-18-13(19(25)26)11-21-20(24-18)23-14-6-4-5-7-16(14)28-2/h4-11H,1-3H3,(H,25,26)(H2,21,22,23,24). The fraction of sp³-hybridized carbons (Fsp3) is 0.150. The smallest absolute Gasteiger partial charge is 0.341 e. The van der Waals surface area contributed by atoms with Crippen molar-refractivity contribution in [3.8, 4) is 17.2 Å². The van der Waals surface area contributed by atoms with Crippen LogP contribution in [0.25, 0.3) is 0 Å². The molecule has 9 nitrogen and oxygen atoms in total. The molecule has 3 N–H and O–H groups in total. The molecule has 0 fully saturated rings. The number of carbonyl (C=O) groups is 1. The molecule has 1 aromatic heterocycles. The van der Waals surface area contributed by atoms with Crippen LogP contribution >= 0.6 is 0 Å². The molecule has 0 spiro atoms. The zero-order valence-electron chi connectivity index (χ0n) is 16.1. The van der Waals surface area contributed by atoms with Gasteiger partial charge >= 0.3 is 5.97 Å². The first kappa shape index (κ1) is 19.7. The Morgan fingerprint density at radius 1 is 0.931 bits per heavy atom. The number of rotatable bonds is 8. The van der Waals surface area contributed by atoms with Crippen molar-refractivity contribution in [2.45, 2.75) is 0 Å². The normalized spacial score (nSPS) is 10.2. The van der Waals surface area contributed by atoms with Gasteiger partial charge in [-0.1, -0.05) is 12.1 Å². The highest BCUT2D eigenvalue weighted by molar-refractivity contribution is 5.94. The number of ether oxygens (including phenoxy) is 3. The lowest BCUT2D eigenvalue weighted by Gasteiger charge is -2.15. The van der Waals surface area contributed by atoms with Crippen molar-refractivity contribution in [1.82, 2.24) is 9.97 Å². The summed E-state index contributed by atoms with van der Waals surface area (Å²) in [5, 5.41) is 15.5. The van der Waals surface area contributed by atoms with Crippen LogP contribution in [-0.2, 0) is 0 Å². The maximum absolute atomic E-state index is 11.6. The summed E-state index contributed by atoms with van der Waals surface area (Å²) >= 11 is 0. The van der Waals surface area contributed by atoms with Crippen molar-refractivity contribution in [1.29, 1.82) is 0 Å². The number of hydrogen-bond donors (Lipinski definition) is 3. The molecule has 29 heavy (non-hydrogen) atoms. The van der Waals surface area contributed by atoms with E-state index in [4.69, 9.17) is 14.2 Å². The average Bonchev–Trinajstić information content (AvgIpc) is 2.74. The van der Waals surface area contributed by atoms with Gasteiger partial charge in [0.25, 0.3) is 0 Å². The summed E-state index contributed by atoms with van der Waals surface area (Å²) in [6, 6.07) is 12.4. The highest BCUT2D eigenvalue weighted by Gasteiger charge is 2.16. The fourth-order valence-electron chi connectivity index (χ4n) is 2.59. The van der Waals surface area contributed by atoms with Gasteiger partial charge in [0.1, 0.15) is 22.8 Å². The van der Waals surface area contributed by atoms with E-state index in [9.17, 15) is 9.90 Å². The van der Waals surface area contributed by atoms with Gasteiger partial charge in [0.2, 0.25) is 5.95 Å². The molecule has 0 bridgehead atoms. The molecule has 0 radical (unpaired) electrons. The lowest BCUT2D eigenvalue weighted by atomic mass is 10.2. The molecule has 1 heterocycles. The highest BCUT2D eigenvalue weighted by atomic mass is 16.5. The van der Waals surface area contributed by atoms with Gasteiger partial charge in [-0.3, -0.25) is 0 Å². The van der Waals surface area contributed by atoms with Crippen molar-refractivity contribution in [2.24, 2.45) is 0 Å². The largest absolute Gasteiger partial charge is 0.497 e. The van der Waals surface area contributed by atoms with Crippen molar-refractivity contribution < 1.29 is 24.1 Å². The van der Waals surface area contributed by atoms with E-state index < -0.39 is 5.97 Å². The summed E-state index contributed by atoms with van der Waals surface area (Å²) < 4.78 is 15.8. The molecule has 0 saturated heterocycles. The van der Waals surface area contributed by atoms with Gasteiger partial charge in [-0.15, -0.1) is 0 Å². The maximum Gasteiger partial charge on any atom is 0.341 e. The molecule has 3 aromatic rings. The van der Waals surface area contributed by atoms with Gasteiger partial charge in [0.05, 0.1) is 32.7 Å². The zero-order valence-corrected chi connectivity index (χ0v) is 16.1. The van der Waals surface area contributed by atoms with Gasteiger partial charge in [-0.05, 0) is 24.3 Å². The van der Waals surface area contributed by atoms with Crippen molar-refractivity contribution in [3.05, 3.63) is 54.2 Å². The van der Waals surface area contributed by atoms with E-state index in [0.29, 0.717) is 28.6 Å². The minimum Gasteiger partial charge on any atom is -0.497 e. The Balaban J connectivity index is 1.97. The van der Waals surface area contributed by atoms with Crippen LogP contribution < -0.4 is 24.8 Å². The lowest BCUT2D eigenvalue weighted by Crippen LogP contribution is -2.09. The van der Waals surface area contributed by atoms with Crippen LogP contribution in [0.5, 0.6) is 17.2 Å². The molecule has 0 unspecified atom stereocenters. The Labute approximate surface area is 167 Å². The number of nitrogens with one attached hydrogen (secondary N) is 2. The monoisotopic (exact) mass is 396 g/mol. The number of aromatic carboxylic acids is 1. The first-order valence-corrected chi connectivity index (χ1v) is 8.55. The van der Waals surface area contributed by atoms with Gasteiger partial charge < -0.3 is 30.0 Å². The third kappa shape index (κ3) is 4.46. The van der Waals surface area contributed by atoms with Crippen LogP contribution in [0.2, 0.25) is 0 Å². The minimum absolute atomic E-state index is 0.0894. The highest BCUT2D eigenvalue weighted by Crippen LogP contribution is 2.32. The Bertz CT molecular complexity index is 1030. The summed E-state index contributed by atoms with van der Waals surface area (Å²) in [6.45, 7) is 0. The number of anilines is 4. The molecule has 0 amide bonds. The Kier molecular flexibility index (Phi) is 5.98. The predicted octanol–water partition coefficient (Wildman–Crippen LogP) is 3.69. The maximum atomic E-state index is 11.6. The third-order valence-electron chi connectivity index (χ3n) is 4.03. The van der Waals surface area contributed by atoms with Gasteiger partial charge in [-0.2, -0.15) is 4.98 Å². The van der Waals surface area contributed by atoms with Gasteiger partial charge in [-0.25, -0.2) is 9.78 Å². The predicted molar refractivity (Wildman–Crippen MR) is 108 cm³/mol. The van der Waals surface area contributed by atoms with Gasteiger partial charge in [0, 0.05) is 12.3 Å². The summed E-state index contributed by atoms with van der Waals surface area (Å²) in [5.74, 6) is 0.821. The quantitative estimate of drug-likeness (QED) is 0.524. The number of methoxy groups -OCH3 is 3. The number of benzene rings is 2. The molecule has 0 aliphatic rings. The Hall–Kier alpha value is -4.01. The Morgan fingerprint density at radius 2 is 1.66 bits per heavy atom. The van der Waals surface area contributed by atoms with E-state index in [0.717, 1.165) is 0 Å². The summed E-state index contributed by atoms with van der Waals surface area (Å²) in [7, 11) is 4.61. The van der Waals surface area contributed by atoms with E-state index >= 15 is 0 Å². The Morgan fingerprint density at radius 3 is 2.34 bits per heavy atom. The number of hydrogen-bond acceptors (Lipinski definition) is 8. The van der Waals surface area contributed by atoms with E-state index in [-0.39, 0.29) is 17.3 Å². The molecule has 0 aliphatic carbocycles. The molecular formula is C20H20N4O5.